The summed E-state index contributed by atoms with van der Waals surface area (Å²) in [7, 11) is 0. The van der Waals surface area contributed by atoms with Crippen molar-refractivity contribution in [3.8, 4) is 11.5 Å². The summed E-state index contributed by atoms with van der Waals surface area (Å²) in [4.78, 5) is 46.6. The van der Waals surface area contributed by atoms with Gasteiger partial charge in [0.15, 0.2) is 0 Å². The minimum absolute atomic E-state index is 0.0805. The molecule has 0 radical (unpaired) electrons. The second kappa shape index (κ2) is 13.1. The molecule has 0 N–H and O–H groups in total. The molecule has 0 amide bonds. The largest absolute Gasteiger partial charge is 0.493 e. The fraction of sp³-hybridized carbons (Fsp3) is 0.200. The molecule has 0 saturated carbocycles. The Morgan fingerprint density at radius 2 is 1.10 bits per heavy atom. The highest BCUT2D eigenvalue weighted by Crippen LogP contribution is 2.25. The van der Waals surface area contributed by atoms with Gasteiger partial charge >= 0.3 is 23.2 Å². The fourth-order valence-corrected chi connectivity index (χ4v) is 3.84. The summed E-state index contributed by atoms with van der Waals surface area (Å²) >= 11 is 0. The fourth-order valence-electron chi connectivity index (χ4n) is 3.84. The zero-order valence-electron chi connectivity index (χ0n) is 21.5. The van der Waals surface area contributed by atoms with Gasteiger partial charge in [-0.3, -0.25) is 0 Å². The van der Waals surface area contributed by atoms with Crippen LogP contribution in [0.2, 0.25) is 0 Å². The number of benzene rings is 2. The van der Waals surface area contributed by atoms with E-state index in [0.29, 0.717) is 70.6 Å². The van der Waals surface area contributed by atoms with Gasteiger partial charge in [-0.05, 0) is 37.1 Å². The van der Waals surface area contributed by atoms with E-state index in [1.54, 1.807) is 36.4 Å². The molecule has 2 heterocycles. The molecule has 4 aromatic rings. The molecular weight excluding hydrogens is 520 g/mol. The van der Waals surface area contributed by atoms with Gasteiger partial charge in [-0.25, -0.2) is 19.2 Å². The maximum atomic E-state index is 11.9. The number of carbonyl (C=O) groups excluding carboxylic acids is 2. The molecule has 2 aromatic heterocycles. The Hall–Kier alpha value is -5.12. The number of fused-ring (bicyclic) bond motifs is 2. The van der Waals surface area contributed by atoms with Crippen LogP contribution in [-0.2, 0) is 32.3 Å². The third-order valence-electron chi connectivity index (χ3n) is 5.75. The van der Waals surface area contributed by atoms with E-state index in [9.17, 15) is 19.2 Å². The number of unbranched alkanes of at least 4 members (excludes halogenated alkanes) is 1. The molecule has 4 rings (SSSR count). The predicted octanol–water partition coefficient (Wildman–Crippen LogP) is 4.60. The summed E-state index contributed by atoms with van der Waals surface area (Å²) in [6.45, 7) is 7.33. The second-order valence-corrected chi connectivity index (χ2v) is 8.52. The molecular formula is C30H26O10. The average Bonchev–Trinajstić information content (AvgIpc) is 2.95. The van der Waals surface area contributed by atoms with Crippen molar-refractivity contribution in [3.05, 3.63) is 106 Å². The van der Waals surface area contributed by atoms with Crippen LogP contribution in [0.5, 0.6) is 11.5 Å². The topological polar surface area (TPSA) is 131 Å². The standard InChI is InChI=1S/C30H26O10/c1-3-27(31)37-17-19-13-29(33)39-25-15-21(7-9-23(19)25)35-11-5-6-12-36-22-8-10-24-20(18-38-28(32)4-2)14-30(34)40-26(24)16-22/h3-4,7-10,13-16H,1-2,5-6,11-12,17-18H2. The Morgan fingerprint density at radius 1 is 0.675 bits per heavy atom. The summed E-state index contributed by atoms with van der Waals surface area (Å²) in [5.74, 6) is -0.127. The number of esters is 2. The molecule has 0 spiro atoms. The summed E-state index contributed by atoms with van der Waals surface area (Å²) in [6, 6.07) is 12.7. The molecule has 0 aliphatic heterocycles. The van der Waals surface area contributed by atoms with E-state index in [1.807, 2.05) is 0 Å². The average molecular weight is 547 g/mol. The third-order valence-corrected chi connectivity index (χ3v) is 5.75. The summed E-state index contributed by atoms with van der Waals surface area (Å²) in [6.07, 6.45) is 3.46. The smallest absolute Gasteiger partial charge is 0.336 e. The normalized spacial score (nSPS) is 10.7. The van der Waals surface area contributed by atoms with Crippen molar-refractivity contribution in [2.24, 2.45) is 0 Å². The van der Waals surface area contributed by atoms with Crippen molar-refractivity contribution in [3.63, 3.8) is 0 Å². The first kappa shape index (κ1) is 27.9. The van der Waals surface area contributed by atoms with E-state index in [0.717, 1.165) is 12.2 Å². The number of hydrogen-bond acceptors (Lipinski definition) is 10. The number of hydrogen-bond donors (Lipinski definition) is 0. The first-order chi connectivity index (χ1) is 19.4. The van der Waals surface area contributed by atoms with E-state index in [2.05, 4.69) is 13.2 Å². The van der Waals surface area contributed by atoms with Crippen LogP contribution in [0.3, 0.4) is 0 Å². The van der Waals surface area contributed by atoms with E-state index in [-0.39, 0.29) is 13.2 Å². The van der Waals surface area contributed by atoms with Crippen molar-refractivity contribution < 1.29 is 37.4 Å². The zero-order chi connectivity index (χ0) is 28.5. The summed E-state index contributed by atoms with van der Waals surface area (Å²) < 4.78 is 32.2. The van der Waals surface area contributed by atoms with Crippen LogP contribution in [0, 0.1) is 0 Å². The van der Waals surface area contributed by atoms with Gasteiger partial charge in [0.2, 0.25) is 0 Å². The highest BCUT2D eigenvalue weighted by Gasteiger charge is 2.11. The molecule has 10 nitrogen and oxygen atoms in total. The molecule has 2 aromatic carbocycles. The highest BCUT2D eigenvalue weighted by molar-refractivity contribution is 5.84. The Balaban J connectivity index is 1.28. The Kier molecular flexibility index (Phi) is 9.14. The highest BCUT2D eigenvalue weighted by atomic mass is 16.5. The van der Waals surface area contributed by atoms with Gasteiger partial charge in [-0.15, -0.1) is 0 Å². The molecule has 40 heavy (non-hydrogen) atoms. The van der Waals surface area contributed by atoms with Gasteiger partial charge in [-0.2, -0.15) is 0 Å². The minimum Gasteiger partial charge on any atom is -0.493 e. The van der Waals surface area contributed by atoms with Crippen LogP contribution < -0.4 is 20.7 Å². The monoisotopic (exact) mass is 546 g/mol. The first-order valence-electron chi connectivity index (χ1n) is 12.3. The van der Waals surface area contributed by atoms with E-state index < -0.39 is 23.2 Å². The maximum absolute atomic E-state index is 11.9. The van der Waals surface area contributed by atoms with Crippen LogP contribution in [-0.4, -0.2) is 25.2 Å². The van der Waals surface area contributed by atoms with Crippen molar-refractivity contribution in [2.45, 2.75) is 26.1 Å². The molecule has 0 fully saturated rings. The molecule has 0 aliphatic carbocycles. The summed E-state index contributed by atoms with van der Waals surface area (Å²) in [5.41, 5.74) is 0.556. The van der Waals surface area contributed by atoms with Crippen LogP contribution in [0.15, 0.2) is 92.3 Å². The van der Waals surface area contributed by atoms with E-state index in [4.69, 9.17) is 27.8 Å². The predicted molar refractivity (Wildman–Crippen MR) is 145 cm³/mol. The van der Waals surface area contributed by atoms with E-state index in [1.165, 1.54) is 12.1 Å². The van der Waals surface area contributed by atoms with Crippen LogP contribution in [0.4, 0.5) is 0 Å². The molecule has 0 unspecified atom stereocenters. The van der Waals surface area contributed by atoms with Gasteiger partial charge in [0.05, 0.1) is 13.2 Å². The number of rotatable bonds is 13. The molecule has 0 saturated heterocycles. The van der Waals surface area contributed by atoms with Gasteiger partial charge in [0.25, 0.3) is 0 Å². The van der Waals surface area contributed by atoms with Crippen molar-refractivity contribution in [1.82, 2.24) is 0 Å². The molecule has 0 bridgehead atoms. The minimum atomic E-state index is -0.588. The maximum Gasteiger partial charge on any atom is 0.336 e. The van der Waals surface area contributed by atoms with Gasteiger partial charge < -0.3 is 27.8 Å². The van der Waals surface area contributed by atoms with E-state index >= 15 is 0 Å². The molecule has 0 aliphatic rings. The summed E-state index contributed by atoms with van der Waals surface area (Å²) in [5, 5.41) is 1.27. The second-order valence-electron chi connectivity index (χ2n) is 8.52. The lowest BCUT2D eigenvalue weighted by Gasteiger charge is -2.10. The van der Waals surface area contributed by atoms with Gasteiger partial charge in [0, 0.05) is 58.3 Å². The van der Waals surface area contributed by atoms with Crippen molar-refractivity contribution >= 4 is 33.9 Å². The molecule has 10 heteroatoms. The van der Waals surface area contributed by atoms with Gasteiger partial charge in [-0.1, -0.05) is 13.2 Å². The van der Waals surface area contributed by atoms with Crippen LogP contribution in [0.1, 0.15) is 24.0 Å². The molecule has 206 valence electrons. The van der Waals surface area contributed by atoms with Crippen LogP contribution in [0.25, 0.3) is 21.9 Å². The van der Waals surface area contributed by atoms with Crippen molar-refractivity contribution in [2.75, 3.05) is 13.2 Å². The number of carbonyl (C=O) groups is 2. The zero-order valence-corrected chi connectivity index (χ0v) is 21.5. The first-order valence-corrected chi connectivity index (χ1v) is 12.3. The third kappa shape index (κ3) is 7.25. The quantitative estimate of drug-likeness (QED) is 0.101. The Labute approximate surface area is 228 Å². The lowest BCUT2D eigenvalue weighted by Crippen LogP contribution is -2.06. The lowest BCUT2D eigenvalue weighted by atomic mass is 10.1. The molecule has 0 atom stereocenters. The SMILES string of the molecule is C=CC(=O)OCc1cc(=O)oc2cc(OCCCCOc3ccc4c(COC(=O)C=C)cc(=O)oc4c3)ccc12. The van der Waals surface area contributed by atoms with Crippen molar-refractivity contribution in [1.29, 1.82) is 0 Å². The van der Waals surface area contributed by atoms with Crippen LogP contribution >= 0.6 is 0 Å². The number of ether oxygens (including phenoxy) is 4. The van der Waals surface area contributed by atoms with Gasteiger partial charge in [0.1, 0.15) is 35.9 Å². The Morgan fingerprint density at radius 3 is 1.50 bits per heavy atom. The Bertz CT molecular complexity index is 1550. The lowest BCUT2D eigenvalue weighted by molar-refractivity contribution is -0.139.